The largest absolute Gasteiger partial charge is 0.480 e. The number of hydrogen-bond donors (Lipinski definition) is 2. The molecule has 2 N–H and O–H groups in total. The topological polar surface area (TPSA) is 66.4 Å². The number of nitrogens with one attached hydrogen (secondary N) is 1. The fraction of sp³-hybridized carbons (Fsp3) is 0.818. The van der Waals surface area contributed by atoms with Crippen molar-refractivity contribution in [3.8, 4) is 0 Å². The third kappa shape index (κ3) is 6.21. The van der Waals surface area contributed by atoms with Gasteiger partial charge in [-0.25, -0.2) is 0 Å². The summed E-state index contributed by atoms with van der Waals surface area (Å²) >= 11 is 0. The summed E-state index contributed by atoms with van der Waals surface area (Å²) < 4.78 is 0. The van der Waals surface area contributed by atoms with E-state index < -0.39 is 12.0 Å². The molecule has 0 bridgehead atoms. The first-order valence-electron chi connectivity index (χ1n) is 5.90. The van der Waals surface area contributed by atoms with Gasteiger partial charge in [-0.05, 0) is 26.2 Å². The van der Waals surface area contributed by atoms with E-state index in [0.717, 1.165) is 18.1 Å². The maximum atomic E-state index is 11.4. The molecule has 0 saturated carbocycles. The third-order valence-corrected chi connectivity index (χ3v) is 5.66. The van der Waals surface area contributed by atoms with E-state index in [1.165, 1.54) is 25.5 Å². The van der Waals surface area contributed by atoms with Gasteiger partial charge in [0.1, 0.15) is 6.04 Å². The molecule has 1 heterocycles. The molecule has 6 heteroatoms. The second kappa shape index (κ2) is 7.87. The third-order valence-electron chi connectivity index (χ3n) is 2.66. The number of unbranched alkanes of at least 4 members (excludes halogenated alkanes) is 1. The van der Waals surface area contributed by atoms with Crippen molar-refractivity contribution in [3.63, 3.8) is 0 Å². The molecule has 1 amide bonds. The average Bonchev–Trinajstić information content (AvgIpc) is 2.77. The summed E-state index contributed by atoms with van der Waals surface area (Å²) in [6.45, 7) is 1.48. The lowest BCUT2D eigenvalue weighted by molar-refractivity contribution is -0.141. The van der Waals surface area contributed by atoms with Gasteiger partial charge < -0.3 is 10.4 Å². The van der Waals surface area contributed by atoms with E-state index in [9.17, 15) is 9.59 Å². The predicted molar refractivity (Wildman–Crippen MR) is 72.2 cm³/mol. The van der Waals surface area contributed by atoms with Crippen LogP contribution in [0.3, 0.4) is 0 Å². The molecule has 1 aliphatic rings. The minimum absolute atomic E-state index is 0.159. The quantitative estimate of drug-likeness (QED) is 0.552. The lowest BCUT2D eigenvalue weighted by Gasteiger charge is -2.09. The Hall–Kier alpha value is -0.360. The normalized spacial score (nSPS) is 21.1. The highest BCUT2D eigenvalue weighted by Crippen LogP contribution is 2.39. The monoisotopic (exact) mass is 277 g/mol. The summed E-state index contributed by atoms with van der Waals surface area (Å²) in [6, 6.07) is -0.788. The average molecular weight is 277 g/mol. The van der Waals surface area contributed by atoms with Gasteiger partial charge in [-0.15, -0.1) is 0 Å². The molecule has 2 atom stereocenters. The number of aliphatic carboxylic acids is 1. The summed E-state index contributed by atoms with van der Waals surface area (Å²) in [4.78, 5) is 21.9. The second-order valence-corrected chi connectivity index (χ2v) is 6.99. The van der Waals surface area contributed by atoms with E-state index in [0.29, 0.717) is 6.42 Å². The van der Waals surface area contributed by atoms with Crippen LogP contribution >= 0.6 is 21.6 Å². The van der Waals surface area contributed by atoms with Crippen molar-refractivity contribution in [1.29, 1.82) is 0 Å². The molecule has 4 nitrogen and oxygen atoms in total. The Morgan fingerprint density at radius 2 is 2.24 bits per heavy atom. The highest BCUT2D eigenvalue weighted by Gasteiger charge is 2.16. The number of amides is 1. The van der Waals surface area contributed by atoms with Crippen LogP contribution in [-0.4, -0.2) is 34.0 Å². The number of carboxylic acids is 1. The number of carbonyl (C=O) groups excluding carboxylic acids is 1. The van der Waals surface area contributed by atoms with Crippen molar-refractivity contribution >= 4 is 33.5 Å². The van der Waals surface area contributed by atoms with E-state index in [-0.39, 0.29) is 5.91 Å². The van der Waals surface area contributed by atoms with Crippen molar-refractivity contribution in [2.24, 2.45) is 0 Å². The zero-order chi connectivity index (χ0) is 12.7. The molecule has 0 radical (unpaired) electrons. The van der Waals surface area contributed by atoms with E-state index in [1.807, 2.05) is 21.6 Å². The Labute approximate surface area is 110 Å². The molecule has 0 unspecified atom stereocenters. The summed E-state index contributed by atoms with van der Waals surface area (Å²) in [5.41, 5.74) is 0. The maximum absolute atomic E-state index is 11.4. The van der Waals surface area contributed by atoms with Crippen LogP contribution in [0, 0.1) is 0 Å². The molecule has 0 aromatic heterocycles. The molecule has 17 heavy (non-hydrogen) atoms. The Morgan fingerprint density at radius 3 is 2.82 bits per heavy atom. The van der Waals surface area contributed by atoms with Crippen molar-refractivity contribution in [1.82, 2.24) is 5.32 Å². The molecule has 0 spiro atoms. The standard InChI is InChI=1S/C11H19NO3S2/c1-8(11(14)15)12-10(13)5-3-2-4-9-6-7-16-17-9/h8-9H,2-7H2,1H3,(H,12,13)(H,14,15)/t8-,9-/m0/s1. The van der Waals surface area contributed by atoms with Crippen molar-refractivity contribution < 1.29 is 14.7 Å². The molecule has 0 aromatic carbocycles. The zero-order valence-electron chi connectivity index (χ0n) is 9.98. The van der Waals surface area contributed by atoms with E-state index in [1.54, 1.807) is 0 Å². The van der Waals surface area contributed by atoms with Gasteiger partial charge in [0, 0.05) is 17.4 Å². The van der Waals surface area contributed by atoms with Crippen LogP contribution < -0.4 is 5.32 Å². The van der Waals surface area contributed by atoms with E-state index >= 15 is 0 Å². The zero-order valence-corrected chi connectivity index (χ0v) is 11.6. The summed E-state index contributed by atoms with van der Waals surface area (Å²) in [7, 11) is 3.88. The van der Waals surface area contributed by atoms with Crippen molar-refractivity contribution in [2.75, 3.05) is 5.75 Å². The lowest BCUT2D eigenvalue weighted by atomic mass is 10.1. The summed E-state index contributed by atoms with van der Waals surface area (Å²) in [5, 5.41) is 11.8. The van der Waals surface area contributed by atoms with Crippen LogP contribution in [0.25, 0.3) is 0 Å². The molecule has 1 aliphatic heterocycles. The first-order chi connectivity index (χ1) is 8.09. The van der Waals surface area contributed by atoms with Crippen LogP contribution in [0.4, 0.5) is 0 Å². The highest BCUT2D eigenvalue weighted by molar-refractivity contribution is 8.77. The minimum Gasteiger partial charge on any atom is -0.480 e. The SMILES string of the molecule is C[C@H](NC(=O)CCCC[C@H]1CCSS1)C(=O)O. The fourth-order valence-electron chi connectivity index (χ4n) is 1.60. The van der Waals surface area contributed by atoms with Gasteiger partial charge >= 0.3 is 5.97 Å². The smallest absolute Gasteiger partial charge is 0.325 e. The van der Waals surface area contributed by atoms with Gasteiger partial charge in [-0.2, -0.15) is 0 Å². The molecular weight excluding hydrogens is 258 g/mol. The van der Waals surface area contributed by atoms with Gasteiger partial charge in [-0.3, -0.25) is 9.59 Å². The first kappa shape index (κ1) is 14.7. The molecule has 0 aromatic rings. The number of carbonyl (C=O) groups is 2. The molecule has 98 valence electrons. The highest BCUT2D eigenvalue weighted by atomic mass is 33.1. The Balaban J connectivity index is 2.01. The van der Waals surface area contributed by atoms with Gasteiger partial charge in [0.05, 0.1) is 0 Å². The van der Waals surface area contributed by atoms with Crippen LogP contribution in [0.2, 0.25) is 0 Å². The lowest BCUT2D eigenvalue weighted by Crippen LogP contribution is -2.38. The Bertz CT molecular complexity index is 267. The summed E-state index contributed by atoms with van der Waals surface area (Å²) in [5.74, 6) is 0.0949. The van der Waals surface area contributed by atoms with E-state index in [4.69, 9.17) is 5.11 Å². The second-order valence-electron chi connectivity index (χ2n) is 4.20. The van der Waals surface area contributed by atoms with Crippen LogP contribution in [-0.2, 0) is 9.59 Å². The van der Waals surface area contributed by atoms with Crippen LogP contribution in [0.1, 0.15) is 39.0 Å². The van der Waals surface area contributed by atoms with Gasteiger partial charge in [0.2, 0.25) is 5.91 Å². The molecule has 1 saturated heterocycles. The number of rotatable bonds is 7. The Kier molecular flexibility index (Phi) is 6.80. The summed E-state index contributed by atoms with van der Waals surface area (Å²) in [6.07, 6.45) is 4.77. The van der Waals surface area contributed by atoms with Crippen molar-refractivity contribution in [3.05, 3.63) is 0 Å². The van der Waals surface area contributed by atoms with Crippen LogP contribution in [0.5, 0.6) is 0 Å². The number of hydrogen-bond acceptors (Lipinski definition) is 4. The maximum Gasteiger partial charge on any atom is 0.325 e. The molecule has 1 fully saturated rings. The molecular formula is C11H19NO3S2. The Morgan fingerprint density at radius 1 is 1.47 bits per heavy atom. The van der Waals surface area contributed by atoms with Gasteiger partial charge in [0.25, 0.3) is 0 Å². The molecule has 1 rings (SSSR count). The fourth-order valence-corrected chi connectivity index (χ4v) is 4.63. The van der Waals surface area contributed by atoms with Crippen LogP contribution in [0.15, 0.2) is 0 Å². The molecule has 0 aliphatic carbocycles. The first-order valence-corrected chi connectivity index (χ1v) is 8.28. The van der Waals surface area contributed by atoms with Gasteiger partial charge in [0.15, 0.2) is 0 Å². The minimum atomic E-state index is -0.988. The predicted octanol–water partition coefficient (Wildman–Crippen LogP) is 2.29. The van der Waals surface area contributed by atoms with Crippen molar-refractivity contribution in [2.45, 2.75) is 50.3 Å². The van der Waals surface area contributed by atoms with Gasteiger partial charge in [-0.1, -0.05) is 28.0 Å². The number of carboxylic acid groups (broad SMARTS) is 1. The van der Waals surface area contributed by atoms with E-state index in [2.05, 4.69) is 5.32 Å².